The molecule has 8 heteroatoms. The quantitative estimate of drug-likeness (QED) is 0.823. The normalized spacial score (nSPS) is 11.5. The third-order valence-electron chi connectivity index (χ3n) is 3.38. The van der Waals surface area contributed by atoms with Crippen molar-refractivity contribution in [2.45, 2.75) is 11.8 Å². The number of rotatable bonds is 5. The molecule has 0 aromatic heterocycles. The molecule has 0 spiro atoms. The molecule has 0 saturated heterocycles. The van der Waals surface area contributed by atoms with Gasteiger partial charge in [-0.25, -0.2) is 8.42 Å². The highest BCUT2D eigenvalue weighted by molar-refractivity contribution is 7.89. The van der Waals surface area contributed by atoms with Crippen LogP contribution in [-0.2, 0) is 14.9 Å². The zero-order valence-electron chi connectivity index (χ0n) is 13.4. The van der Waals surface area contributed by atoms with Crippen molar-refractivity contribution in [2.75, 3.05) is 19.5 Å². The van der Waals surface area contributed by atoms with Crippen LogP contribution >= 0.6 is 11.6 Å². The topological polar surface area (TPSA) is 75.7 Å². The van der Waals surface area contributed by atoms with Crippen molar-refractivity contribution in [2.24, 2.45) is 0 Å². The third kappa shape index (κ3) is 3.93. The average Bonchev–Trinajstić information content (AvgIpc) is 2.56. The number of nitrogens with zero attached hydrogens (tertiary/aromatic N) is 1. The van der Waals surface area contributed by atoms with Gasteiger partial charge in [0.05, 0.1) is 12.1 Å². The van der Waals surface area contributed by atoms with E-state index in [9.17, 15) is 13.2 Å². The Labute approximate surface area is 146 Å². The first-order valence-corrected chi connectivity index (χ1v) is 8.78. The number of hydrogen-bond acceptors (Lipinski definition) is 4. The van der Waals surface area contributed by atoms with E-state index in [-0.39, 0.29) is 15.5 Å². The molecule has 2 aromatic rings. The number of halogens is 1. The van der Waals surface area contributed by atoms with E-state index in [1.807, 2.05) is 19.1 Å². The van der Waals surface area contributed by atoms with Gasteiger partial charge in [-0.2, -0.15) is 0 Å². The average molecular weight is 369 g/mol. The fourth-order valence-corrected chi connectivity index (χ4v) is 3.39. The van der Waals surface area contributed by atoms with Gasteiger partial charge in [-0.15, -0.1) is 0 Å². The standard InChI is InChI=1S/C16H17ClN2O4S/c1-11-4-7-13(8-5-11)18-16(20)12-6-9-14(17)15(10-12)24(21,22)19(2)23-3/h4-10H,1-3H3,(H,18,20). The maximum atomic E-state index is 12.3. The van der Waals surface area contributed by atoms with E-state index in [2.05, 4.69) is 5.32 Å². The maximum Gasteiger partial charge on any atom is 0.266 e. The molecule has 1 amide bonds. The molecule has 0 aliphatic carbocycles. The zero-order valence-corrected chi connectivity index (χ0v) is 15.0. The number of benzene rings is 2. The number of sulfonamides is 1. The van der Waals surface area contributed by atoms with Gasteiger partial charge in [-0.3, -0.25) is 9.63 Å². The zero-order chi connectivity index (χ0) is 17.9. The lowest BCUT2D eigenvalue weighted by molar-refractivity contribution is -0.0258. The van der Waals surface area contributed by atoms with Crippen LogP contribution in [0.15, 0.2) is 47.4 Å². The summed E-state index contributed by atoms with van der Waals surface area (Å²) in [6.45, 7) is 1.94. The summed E-state index contributed by atoms with van der Waals surface area (Å²) in [4.78, 5) is 16.8. The van der Waals surface area contributed by atoms with Crippen LogP contribution in [0.5, 0.6) is 0 Å². The summed E-state index contributed by atoms with van der Waals surface area (Å²) < 4.78 is 25.4. The summed E-state index contributed by atoms with van der Waals surface area (Å²) in [6.07, 6.45) is 0. The van der Waals surface area contributed by atoms with E-state index in [4.69, 9.17) is 16.4 Å². The van der Waals surface area contributed by atoms with Gasteiger partial charge < -0.3 is 5.32 Å². The molecular formula is C16H17ClN2O4S. The van der Waals surface area contributed by atoms with Crippen LogP contribution in [-0.4, -0.2) is 33.0 Å². The molecule has 128 valence electrons. The number of anilines is 1. The molecule has 0 aliphatic heterocycles. The number of aryl methyl sites for hydroxylation is 1. The molecule has 0 radical (unpaired) electrons. The summed E-state index contributed by atoms with van der Waals surface area (Å²) in [7, 11) is -1.49. The van der Waals surface area contributed by atoms with Gasteiger partial charge in [-0.1, -0.05) is 33.8 Å². The monoisotopic (exact) mass is 368 g/mol. The van der Waals surface area contributed by atoms with Gasteiger partial charge in [0, 0.05) is 18.3 Å². The SMILES string of the molecule is CON(C)S(=O)(=O)c1cc(C(=O)Nc2ccc(C)cc2)ccc1Cl. The van der Waals surface area contributed by atoms with Crippen molar-refractivity contribution >= 4 is 33.2 Å². The van der Waals surface area contributed by atoms with Crippen LogP contribution in [0.25, 0.3) is 0 Å². The second kappa shape index (κ2) is 7.31. The Kier molecular flexibility index (Phi) is 5.61. The Balaban J connectivity index is 2.33. The van der Waals surface area contributed by atoms with E-state index in [1.165, 1.54) is 32.4 Å². The third-order valence-corrected chi connectivity index (χ3v) is 5.54. The molecule has 0 saturated carbocycles. The van der Waals surface area contributed by atoms with Crippen LogP contribution in [0.2, 0.25) is 5.02 Å². The smallest absolute Gasteiger partial charge is 0.266 e. The molecule has 2 rings (SSSR count). The predicted octanol–water partition coefficient (Wildman–Crippen LogP) is 3.08. The molecule has 0 heterocycles. The first-order valence-electron chi connectivity index (χ1n) is 6.96. The second-order valence-electron chi connectivity index (χ2n) is 5.06. The van der Waals surface area contributed by atoms with Gasteiger partial charge in [0.2, 0.25) is 0 Å². The predicted molar refractivity (Wildman–Crippen MR) is 92.5 cm³/mol. The van der Waals surface area contributed by atoms with E-state index in [0.29, 0.717) is 10.2 Å². The number of hydrogen-bond donors (Lipinski definition) is 1. The van der Waals surface area contributed by atoms with Crippen molar-refractivity contribution in [3.63, 3.8) is 0 Å². The lowest BCUT2D eigenvalue weighted by Crippen LogP contribution is -2.26. The number of carbonyl (C=O) groups excluding carboxylic acids is 1. The molecule has 0 unspecified atom stereocenters. The second-order valence-corrected chi connectivity index (χ2v) is 7.37. The number of amides is 1. The highest BCUT2D eigenvalue weighted by Gasteiger charge is 2.25. The Morgan fingerprint density at radius 2 is 1.79 bits per heavy atom. The molecule has 0 bridgehead atoms. The first-order chi connectivity index (χ1) is 11.3. The molecule has 0 atom stereocenters. The Bertz CT molecular complexity index is 851. The lowest BCUT2D eigenvalue weighted by atomic mass is 10.2. The van der Waals surface area contributed by atoms with Gasteiger partial charge >= 0.3 is 0 Å². The summed E-state index contributed by atoms with van der Waals surface area (Å²) in [5.41, 5.74) is 1.84. The van der Waals surface area contributed by atoms with Crippen LogP contribution in [0.3, 0.4) is 0 Å². The maximum absolute atomic E-state index is 12.3. The minimum absolute atomic E-state index is 0.00536. The lowest BCUT2D eigenvalue weighted by Gasteiger charge is -2.16. The highest BCUT2D eigenvalue weighted by Crippen LogP contribution is 2.25. The largest absolute Gasteiger partial charge is 0.322 e. The molecule has 1 N–H and O–H groups in total. The summed E-state index contributed by atoms with van der Waals surface area (Å²) in [5, 5.41) is 2.71. The molecule has 24 heavy (non-hydrogen) atoms. The highest BCUT2D eigenvalue weighted by atomic mass is 35.5. The number of hydroxylamine groups is 1. The van der Waals surface area contributed by atoms with Crippen LogP contribution in [0.1, 0.15) is 15.9 Å². The van der Waals surface area contributed by atoms with E-state index < -0.39 is 15.9 Å². The summed E-state index contributed by atoms with van der Waals surface area (Å²) in [5.74, 6) is -0.438. The van der Waals surface area contributed by atoms with Gasteiger partial charge in [0.1, 0.15) is 4.90 Å². The van der Waals surface area contributed by atoms with Crippen LogP contribution < -0.4 is 5.32 Å². The van der Waals surface area contributed by atoms with Crippen molar-refractivity contribution in [3.05, 3.63) is 58.6 Å². The molecule has 0 fully saturated rings. The Morgan fingerprint density at radius 3 is 2.38 bits per heavy atom. The van der Waals surface area contributed by atoms with Crippen molar-refractivity contribution in [3.8, 4) is 0 Å². The van der Waals surface area contributed by atoms with Gasteiger partial charge in [0.15, 0.2) is 0 Å². The molecule has 0 aliphatic rings. The summed E-state index contributed by atoms with van der Waals surface area (Å²) in [6, 6.07) is 11.3. The van der Waals surface area contributed by atoms with Crippen molar-refractivity contribution < 1.29 is 18.0 Å². The summed E-state index contributed by atoms with van der Waals surface area (Å²) >= 11 is 5.97. The fourth-order valence-electron chi connectivity index (χ4n) is 1.92. The minimum atomic E-state index is -3.96. The van der Waals surface area contributed by atoms with Gasteiger partial charge in [-0.05, 0) is 37.3 Å². The van der Waals surface area contributed by atoms with E-state index >= 15 is 0 Å². The Hall–Kier alpha value is -1.93. The fraction of sp³-hybridized carbons (Fsp3) is 0.188. The first kappa shape index (κ1) is 18.4. The number of carbonyl (C=O) groups is 1. The van der Waals surface area contributed by atoms with Crippen LogP contribution in [0, 0.1) is 6.92 Å². The molecule has 2 aromatic carbocycles. The minimum Gasteiger partial charge on any atom is -0.322 e. The van der Waals surface area contributed by atoms with Gasteiger partial charge in [0.25, 0.3) is 15.9 Å². The van der Waals surface area contributed by atoms with Crippen molar-refractivity contribution in [1.82, 2.24) is 4.47 Å². The van der Waals surface area contributed by atoms with Crippen LogP contribution in [0.4, 0.5) is 5.69 Å². The Morgan fingerprint density at radius 1 is 1.17 bits per heavy atom. The molecule has 6 nitrogen and oxygen atoms in total. The molecular weight excluding hydrogens is 352 g/mol. The van der Waals surface area contributed by atoms with E-state index in [0.717, 1.165) is 5.56 Å². The van der Waals surface area contributed by atoms with E-state index in [1.54, 1.807) is 12.1 Å². The number of nitrogens with one attached hydrogen (secondary N) is 1. The van der Waals surface area contributed by atoms with Crippen molar-refractivity contribution in [1.29, 1.82) is 0 Å².